The second-order valence-corrected chi connectivity index (χ2v) is 5.71. The zero-order valence-corrected chi connectivity index (χ0v) is 14.8. The lowest BCUT2D eigenvalue weighted by atomic mass is 10.2. The van der Waals surface area contributed by atoms with Gasteiger partial charge in [-0.3, -0.25) is 4.79 Å². The van der Waals surface area contributed by atoms with Crippen molar-refractivity contribution in [2.24, 2.45) is 5.92 Å². The minimum absolute atomic E-state index is 0.104. The quantitative estimate of drug-likeness (QED) is 0.788. The fraction of sp³-hybridized carbons (Fsp3) is 0.278. The minimum Gasteiger partial charge on any atom is -0.497 e. The van der Waals surface area contributed by atoms with Gasteiger partial charge < -0.3 is 24.8 Å². The van der Waals surface area contributed by atoms with Gasteiger partial charge in [-0.1, -0.05) is 6.92 Å². The Hall–Kier alpha value is -3.29. The number of amides is 2. The van der Waals surface area contributed by atoms with E-state index in [2.05, 4.69) is 10.3 Å². The van der Waals surface area contributed by atoms with Crippen molar-refractivity contribution < 1.29 is 24.2 Å². The number of methoxy groups -OCH3 is 1. The Morgan fingerprint density at radius 3 is 2.38 bits per heavy atom. The lowest BCUT2D eigenvalue weighted by Gasteiger charge is -2.19. The third-order valence-corrected chi connectivity index (χ3v) is 3.59. The van der Waals surface area contributed by atoms with Crippen LogP contribution >= 0.6 is 0 Å². The predicted molar refractivity (Wildman–Crippen MR) is 95.8 cm³/mol. The van der Waals surface area contributed by atoms with E-state index < -0.39 is 17.9 Å². The van der Waals surface area contributed by atoms with Crippen LogP contribution in [0.5, 0.6) is 17.4 Å². The molecule has 1 aromatic carbocycles. The Labute approximate surface area is 151 Å². The van der Waals surface area contributed by atoms with Crippen molar-refractivity contribution in [1.29, 1.82) is 0 Å². The van der Waals surface area contributed by atoms with Gasteiger partial charge in [0.2, 0.25) is 5.88 Å². The molecular formula is C18H21N3O5. The van der Waals surface area contributed by atoms with Crippen LogP contribution in [0.1, 0.15) is 6.92 Å². The fourth-order valence-electron chi connectivity index (χ4n) is 2.07. The van der Waals surface area contributed by atoms with E-state index in [1.807, 2.05) is 0 Å². The van der Waals surface area contributed by atoms with Crippen molar-refractivity contribution >= 4 is 17.7 Å². The summed E-state index contributed by atoms with van der Waals surface area (Å²) in [5, 5.41) is 11.5. The summed E-state index contributed by atoms with van der Waals surface area (Å²) in [7, 11) is 3.12. The number of aromatic nitrogens is 1. The van der Waals surface area contributed by atoms with Gasteiger partial charge in [-0.05, 0) is 30.3 Å². The number of nitrogens with one attached hydrogen (secondary N) is 1. The minimum atomic E-state index is -0.952. The third-order valence-electron chi connectivity index (χ3n) is 3.59. The molecule has 8 nitrogen and oxygen atoms in total. The number of carbonyl (C=O) groups excluding carboxylic acids is 1. The number of benzene rings is 1. The van der Waals surface area contributed by atoms with Gasteiger partial charge in [0.1, 0.15) is 11.5 Å². The highest BCUT2D eigenvalue weighted by Gasteiger charge is 2.17. The van der Waals surface area contributed by atoms with Gasteiger partial charge in [-0.2, -0.15) is 0 Å². The second kappa shape index (κ2) is 8.70. The van der Waals surface area contributed by atoms with Crippen LogP contribution in [-0.2, 0) is 4.79 Å². The number of carboxylic acid groups (broad SMARTS) is 1. The number of nitrogens with zero attached hydrogens (tertiary/aromatic N) is 2. The van der Waals surface area contributed by atoms with Crippen LogP contribution in [0.25, 0.3) is 0 Å². The van der Waals surface area contributed by atoms with Crippen LogP contribution < -0.4 is 14.8 Å². The van der Waals surface area contributed by atoms with Crippen LogP contribution in [0.2, 0.25) is 0 Å². The summed E-state index contributed by atoms with van der Waals surface area (Å²) in [6.45, 7) is 1.65. The molecule has 0 aliphatic carbocycles. The van der Waals surface area contributed by atoms with Crippen LogP contribution in [-0.4, -0.2) is 47.7 Å². The molecular weight excluding hydrogens is 338 g/mol. The summed E-state index contributed by atoms with van der Waals surface area (Å²) in [5.41, 5.74) is 0.479. The van der Waals surface area contributed by atoms with E-state index in [1.54, 1.807) is 50.4 Å². The van der Waals surface area contributed by atoms with E-state index in [4.69, 9.17) is 14.6 Å². The Bertz CT molecular complexity index is 746. The van der Waals surface area contributed by atoms with Crippen molar-refractivity contribution in [2.75, 3.05) is 26.0 Å². The largest absolute Gasteiger partial charge is 0.497 e. The first-order valence-corrected chi connectivity index (χ1v) is 7.92. The molecule has 1 heterocycles. The molecule has 1 atom stereocenters. The smallest absolute Gasteiger partial charge is 0.321 e. The number of ether oxygens (including phenoxy) is 2. The Morgan fingerprint density at radius 1 is 1.19 bits per heavy atom. The maximum Gasteiger partial charge on any atom is 0.321 e. The van der Waals surface area contributed by atoms with E-state index in [9.17, 15) is 9.59 Å². The van der Waals surface area contributed by atoms with Gasteiger partial charge in [0.15, 0.2) is 0 Å². The van der Waals surface area contributed by atoms with Gasteiger partial charge in [0.25, 0.3) is 0 Å². The van der Waals surface area contributed by atoms with E-state index in [-0.39, 0.29) is 6.54 Å². The number of hydrogen-bond donors (Lipinski definition) is 2. The maximum atomic E-state index is 12.1. The number of urea groups is 1. The number of hydrogen-bond acceptors (Lipinski definition) is 5. The molecule has 2 aromatic rings. The van der Waals surface area contributed by atoms with Crippen molar-refractivity contribution in [1.82, 2.24) is 9.88 Å². The number of pyridine rings is 1. The van der Waals surface area contributed by atoms with Gasteiger partial charge in [0.05, 0.1) is 24.9 Å². The first kappa shape index (κ1) is 19.0. The van der Waals surface area contributed by atoms with Crippen molar-refractivity contribution in [3.63, 3.8) is 0 Å². The SMILES string of the molecule is COc1ccc(Oc2ccc(NC(=O)N(C)CC(C)C(=O)O)cn2)cc1. The summed E-state index contributed by atoms with van der Waals surface area (Å²) in [6, 6.07) is 9.93. The molecule has 2 rings (SSSR count). The van der Waals surface area contributed by atoms with Crippen LogP contribution in [0.4, 0.5) is 10.5 Å². The summed E-state index contributed by atoms with van der Waals surface area (Å²) < 4.78 is 10.7. The summed E-state index contributed by atoms with van der Waals surface area (Å²) in [6.07, 6.45) is 1.46. The highest BCUT2D eigenvalue weighted by molar-refractivity contribution is 5.89. The molecule has 138 valence electrons. The number of carbonyl (C=O) groups is 2. The first-order chi connectivity index (χ1) is 12.4. The average molecular weight is 359 g/mol. The molecule has 0 saturated heterocycles. The molecule has 1 aromatic heterocycles. The number of anilines is 1. The lowest BCUT2D eigenvalue weighted by Crippen LogP contribution is -2.36. The number of rotatable bonds is 7. The zero-order chi connectivity index (χ0) is 19.1. The summed E-state index contributed by atoms with van der Waals surface area (Å²) >= 11 is 0. The zero-order valence-electron chi connectivity index (χ0n) is 14.8. The Morgan fingerprint density at radius 2 is 1.85 bits per heavy atom. The number of carboxylic acids is 1. The Balaban J connectivity index is 1.91. The highest BCUT2D eigenvalue weighted by Crippen LogP contribution is 2.23. The molecule has 26 heavy (non-hydrogen) atoms. The molecule has 0 spiro atoms. The van der Waals surface area contributed by atoms with E-state index in [1.165, 1.54) is 18.1 Å². The van der Waals surface area contributed by atoms with Crippen LogP contribution in [0, 0.1) is 5.92 Å². The monoisotopic (exact) mass is 359 g/mol. The molecule has 8 heteroatoms. The predicted octanol–water partition coefficient (Wildman–Crippen LogP) is 3.07. The van der Waals surface area contributed by atoms with Gasteiger partial charge >= 0.3 is 12.0 Å². The number of aliphatic carboxylic acids is 1. The van der Waals surface area contributed by atoms with Gasteiger partial charge in [-0.15, -0.1) is 0 Å². The summed E-state index contributed by atoms with van der Waals surface area (Å²) in [5.74, 6) is 0.110. The van der Waals surface area contributed by atoms with Crippen LogP contribution in [0.3, 0.4) is 0 Å². The second-order valence-electron chi connectivity index (χ2n) is 5.71. The van der Waals surface area contributed by atoms with Gasteiger partial charge in [0, 0.05) is 19.7 Å². The summed E-state index contributed by atoms with van der Waals surface area (Å²) in [4.78, 5) is 28.4. The van der Waals surface area contributed by atoms with E-state index in [0.717, 1.165) is 5.75 Å². The average Bonchev–Trinajstić information content (AvgIpc) is 2.63. The molecule has 2 amide bonds. The van der Waals surface area contributed by atoms with Crippen molar-refractivity contribution in [3.05, 3.63) is 42.6 Å². The molecule has 1 unspecified atom stereocenters. The first-order valence-electron chi connectivity index (χ1n) is 7.92. The Kier molecular flexibility index (Phi) is 6.37. The molecule has 0 radical (unpaired) electrons. The molecule has 2 N–H and O–H groups in total. The third kappa shape index (κ3) is 5.37. The maximum absolute atomic E-state index is 12.1. The molecule has 0 bridgehead atoms. The van der Waals surface area contributed by atoms with Crippen LogP contribution in [0.15, 0.2) is 42.6 Å². The standard InChI is InChI=1S/C18H21N3O5/c1-12(17(22)23)11-21(2)18(24)20-13-4-9-16(19-10-13)26-15-7-5-14(25-3)6-8-15/h4-10,12H,11H2,1-3H3,(H,20,24)(H,22,23). The van der Waals surface area contributed by atoms with Crippen molar-refractivity contribution in [3.8, 4) is 17.4 Å². The topological polar surface area (TPSA) is 101 Å². The molecule has 0 aliphatic rings. The van der Waals surface area contributed by atoms with Crippen molar-refractivity contribution in [2.45, 2.75) is 6.92 Å². The molecule has 0 saturated carbocycles. The highest BCUT2D eigenvalue weighted by atomic mass is 16.5. The van der Waals surface area contributed by atoms with Gasteiger partial charge in [-0.25, -0.2) is 9.78 Å². The van der Waals surface area contributed by atoms with E-state index >= 15 is 0 Å². The molecule has 0 aliphatic heterocycles. The fourth-order valence-corrected chi connectivity index (χ4v) is 2.07. The molecule has 0 fully saturated rings. The van der Waals surface area contributed by atoms with E-state index in [0.29, 0.717) is 17.3 Å². The normalized spacial score (nSPS) is 11.3. The lowest BCUT2D eigenvalue weighted by molar-refractivity contribution is -0.141.